The van der Waals surface area contributed by atoms with Gasteiger partial charge in [0.15, 0.2) is 0 Å². The van der Waals surface area contributed by atoms with Crippen molar-refractivity contribution in [3.8, 4) is 0 Å². The van der Waals surface area contributed by atoms with Crippen molar-refractivity contribution < 1.29 is 19.4 Å². The molecule has 114 valence electrons. The number of hydrogen-bond donors (Lipinski definition) is 3. The molecule has 2 rings (SSSR count). The van der Waals surface area contributed by atoms with Gasteiger partial charge in [-0.1, -0.05) is 23.2 Å². The van der Waals surface area contributed by atoms with E-state index in [0.29, 0.717) is 13.2 Å². The fourth-order valence-electron chi connectivity index (χ4n) is 2.06. The SMILES string of the molecule is O=C(Nc1c(Cl)cc(Cl)cc1C(=O)O)NC1CCCOC1. The van der Waals surface area contributed by atoms with E-state index in [-0.39, 0.29) is 27.3 Å². The molecular formula is C13H14Cl2N2O4. The molecule has 0 aliphatic carbocycles. The predicted octanol–water partition coefficient (Wildman–Crippen LogP) is 2.99. The molecule has 21 heavy (non-hydrogen) atoms. The molecular weight excluding hydrogens is 319 g/mol. The number of carbonyl (C=O) groups is 2. The average Bonchev–Trinajstić information content (AvgIpc) is 2.42. The van der Waals surface area contributed by atoms with E-state index >= 15 is 0 Å². The number of benzene rings is 1. The second-order valence-electron chi connectivity index (χ2n) is 4.63. The molecule has 1 heterocycles. The highest BCUT2D eigenvalue weighted by Crippen LogP contribution is 2.30. The first-order valence-corrected chi connectivity index (χ1v) is 7.10. The number of urea groups is 1. The molecule has 1 aliphatic heterocycles. The molecule has 1 saturated heterocycles. The summed E-state index contributed by atoms with van der Waals surface area (Å²) >= 11 is 11.7. The van der Waals surface area contributed by atoms with Crippen molar-refractivity contribution in [3.05, 3.63) is 27.7 Å². The highest BCUT2D eigenvalue weighted by molar-refractivity contribution is 6.37. The number of rotatable bonds is 3. The maximum Gasteiger partial charge on any atom is 0.337 e. The van der Waals surface area contributed by atoms with Crippen LogP contribution in [0.1, 0.15) is 23.2 Å². The van der Waals surface area contributed by atoms with E-state index < -0.39 is 12.0 Å². The Kier molecular flexibility index (Phi) is 5.27. The molecule has 1 fully saturated rings. The third-order valence-electron chi connectivity index (χ3n) is 3.02. The molecule has 0 aromatic heterocycles. The standard InChI is InChI=1S/C13H14Cl2N2O4/c14-7-4-9(12(18)19)11(10(15)5-7)17-13(20)16-8-2-1-3-21-6-8/h4-5,8H,1-3,6H2,(H,18,19)(H2,16,17,20). The summed E-state index contributed by atoms with van der Waals surface area (Å²) < 4.78 is 5.25. The van der Waals surface area contributed by atoms with Crippen LogP contribution in [0.4, 0.5) is 10.5 Å². The first kappa shape index (κ1) is 15.9. The number of anilines is 1. The number of aromatic carboxylic acids is 1. The number of hydrogen-bond acceptors (Lipinski definition) is 3. The summed E-state index contributed by atoms with van der Waals surface area (Å²) in [4.78, 5) is 23.1. The summed E-state index contributed by atoms with van der Waals surface area (Å²) in [5.41, 5.74) is -0.148. The largest absolute Gasteiger partial charge is 0.478 e. The molecule has 1 atom stereocenters. The van der Waals surface area contributed by atoms with Crippen LogP contribution in [0, 0.1) is 0 Å². The Labute approximate surface area is 131 Å². The zero-order chi connectivity index (χ0) is 15.4. The Hall–Kier alpha value is -1.50. The molecule has 0 saturated carbocycles. The number of halogens is 2. The van der Waals surface area contributed by atoms with E-state index in [1.165, 1.54) is 12.1 Å². The van der Waals surface area contributed by atoms with E-state index in [1.807, 2.05) is 0 Å². The zero-order valence-electron chi connectivity index (χ0n) is 11.0. The first-order chi connectivity index (χ1) is 9.97. The van der Waals surface area contributed by atoms with Gasteiger partial charge >= 0.3 is 12.0 Å². The van der Waals surface area contributed by atoms with E-state index in [4.69, 9.17) is 33.0 Å². The number of ether oxygens (including phenoxy) is 1. The smallest absolute Gasteiger partial charge is 0.337 e. The number of amides is 2. The van der Waals surface area contributed by atoms with Crippen molar-refractivity contribution in [1.29, 1.82) is 0 Å². The minimum atomic E-state index is -1.23. The maximum atomic E-state index is 11.9. The number of nitrogens with one attached hydrogen (secondary N) is 2. The quantitative estimate of drug-likeness (QED) is 0.793. The van der Waals surface area contributed by atoms with Crippen LogP contribution in [0.3, 0.4) is 0 Å². The third-order valence-corrected chi connectivity index (χ3v) is 3.54. The van der Waals surface area contributed by atoms with Gasteiger partial charge in [0.1, 0.15) is 0 Å². The summed E-state index contributed by atoms with van der Waals surface area (Å²) in [5, 5.41) is 14.6. The Morgan fingerprint density at radius 2 is 2.10 bits per heavy atom. The van der Waals surface area contributed by atoms with Gasteiger partial charge in [-0.25, -0.2) is 9.59 Å². The molecule has 0 spiro atoms. The molecule has 1 aromatic rings. The highest BCUT2D eigenvalue weighted by Gasteiger charge is 2.20. The van der Waals surface area contributed by atoms with Crippen LogP contribution >= 0.6 is 23.2 Å². The fraction of sp³-hybridized carbons (Fsp3) is 0.385. The lowest BCUT2D eigenvalue weighted by Gasteiger charge is -2.23. The molecule has 1 aromatic carbocycles. The van der Waals surface area contributed by atoms with E-state index in [0.717, 1.165) is 12.8 Å². The van der Waals surface area contributed by atoms with Crippen molar-refractivity contribution in [2.45, 2.75) is 18.9 Å². The first-order valence-electron chi connectivity index (χ1n) is 6.35. The minimum Gasteiger partial charge on any atom is -0.478 e. The van der Waals surface area contributed by atoms with Crippen molar-refractivity contribution >= 4 is 40.9 Å². The summed E-state index contributed by atoms with van der Waals surface area (Å²) in [5.74, 6) is -1.23. The van der Waals surface area contributed by atoms with Crippen LogP contribution in [-0.4, -0.2) is 36.4 Å². The van der Waals surface area contributed by atoms with E-state index in [2.05, 4.69) is 10.6 Å². The molecule has 8 heteroatoms. The van der Waals surface area contributed by atoms with Gasteiger partial charge in [-0.3, -0.25) is 0 Å². The van der Waals surface area contributed by atoms with Crippen LogP contribution < -0.4 is 10.6 Å². The second-order valence-corrected chi connectivity index (χ2v) is 5.47. The predicted molar refractivity (Wildman–Crippen MR) is 79.4 cm³/mol. The lowest BCUT2D eigenvalue weighted by Crippen LogP contribution is -2.43. The van der Waals surface area contributed by atoms with Crippen LogP contribution in [-0.2, 0) is 4.74 Å². The van der Waals surface area contributed by atoms with Gasteiger partial charge in [0.05, 0.1) is 28.9 Å². The molecule has 1 aliphatic rings. The van der Waals surface area contributed by atoms with Gasteiger partial charge < -0.3 is 20.5 Å². The highest BCUT2D eigenvalue weighted by atomic mass is 35.5. The van der Waals surface area contributed by atoms with Gasteiger partial charge in [0.2, 0.25) is 0 Å². The summed E-state index contributed by atoms with van der Waals surface area (Å²) in [6.07, 6.45) is 1.68. The monoisotopic (exact) mass is 332 g/mol. The van der Waals surface area contributed by atoms with Crippen molar-refractivity contribution in [1.82, 2.24) is 5.32 Å². The van der Waals surface area contributed by atoms with Crippen molar-refractivity contribution in [2.24, 2.45) is 0 Å². The maximum absolute atomic E-state index is 11.9. The molecule has 0 radical (unpaired) electrons. The summed E-state index contributed by atoms with van der Waals surface area (Å²) in [7, 11) is 0. The zero-order valence-corrected chi connectivity index (χ0v) is 12.5. The lowest BCUT2D eigenvalue weighted by atomic mass is 10.1. The fourth-order valence-corrected chi connectivity index (χ4v) is 2.60. The Morgan fingerprint density at radius 3 is 2.71 bits per heavy atom. The van der Waals surface area contributed by atoms with Crippen molar-refractivity contribution in [2.75, 3.05) is 18.5 Å². The van der Waals surface area contributed by atoms with E-state index in [9.17, 15) is 9.59 Å². The summed E-state index contributed by atoms with van der Waals surface area (Å²) in [6, 6.07) is 1.97. The molecule has 3 N–H and O–H groups in total. The number of carboxylic acid groups (broad SMARTS) is 1. The minimum absolute atomic E-state index is 0.0165. The van der Waals surface area contributed by atoms with Gasteiger partial charge in [0.25, 0.3) is 0 Å². The Balaban J connectivity index is 2.11. The Bertz CT molecular complexity index is 559. The van der Waals surface area contributed by atoms with Crippen LogP contribution in [0.5, 0.6) is 0 Å². The average molecular weight is 333 g/mol. The van der Waals surface area contributed by atoms with E-state index in [1.54, 1.807) is 0 Å². The molecule has 6 nitrogen and oxygen atoms in total. The second kappa shape index (κ2) is 6.98. The lowest BCUT2D eigenvalue weighted by molar-refractivity contribution is 0.0697. The molecule has 2 amide bonds. The van der Waals surface area contributed by atoms with Gasteiger partial charge in [-0.05, 0) is 25.0 Å². The number of carboxylic acids is 1. The molecule has 0 bridgehead atoms. The topological polar surface area (TPSA) is 87.7 Å². The summed E-state index contributed by atoms with van der Waals surface area (Å²) in [6.45, 7) is 1.12. The van der Waals surface area contributed by atoms with Crippen LogP contribution in [0.15, 0.2) is 12.1 Å². The van der Waals surface area contributed by atoms with Crippen molar-refractivity contribution in [3.63, 3.8) is 0 Å². The third kappa shape index (κ3) is 4.23. The number of carbonyl (C=O) groups excluding carboxylic acids is 1. The van der Waals surface area contributed by atoms with Gasteiger partial charge in [-0.2, -0.15) is 0 Å². The van der Waals surface area contributed by atoms with Crippen LogP contribution in [0.2, 0.25) is 10.0 Å². The van der Waals surface area contributed by atoms with Crippen LogP contribution in [0.25, 0.3) is 0 Å². The Morgan fingerprint density at radius 1 is 1.33 bits per heavy atom. The molecule has 1 unspecified atom stereocenters. The normalized spacial score (nSPS) is 18.1. The van der Waals surface area contributed by atoms with Gasteiger partial charge in [-0.15, -0.1) is 0 Å². The van der Waals surface area contributed by atoms with Gasteiger partial charge in [0, 0.05) is 11.6 Å².